The summed E-state index contributed by atoms with van der Waals surface area (Å²) in [5, 5.41) is 8.08. The molecule has 1 aliphatic carbocycles. The van der Waals surface area contributed by atoms with Gasteiger partial charge in [0.2, 0.25) is 0 Å². The predicted molar refractivity (Wildman–Crippen MR) is 91.7 cm³/mol. The SMILES string of the molecule is C1=Cc2cc3ccc4c5ccccc5ccc4c3cc2C1. The van der Waals surface area contributed by atoms with Gasteiger partial charge in [0.05, 0.1) is 0 Å². The normalized spacial score (nSPS) is 13.3. The Bertz CT molecular complexity index is 1050. The third-order valence-corrected chi connectivity index (χ3v) is 4.64. The van der Waals surface area contributed by atoms with E-state index in [-0.39, 0.29) is 0 Å². The summed E-state index contributed by atoms with van der Waals surface area (Å²) in [4.78, 5) is 0. The van der Waals surface area contributed by atoms with Gasteiger partial charge in [-0.2, -0.15) is 0 Å². The maximum absolute atomic E-state index is 2.38. The van der Waals surface area contributed by atoms with Crippen LogP contribution in [0.1, 0.15) is 11.1 Å². The molecule has 0 saturated carbocycles. The van der Waals surface area contributed by atoms with Crippen molar-refractivity contribution in [2.45, 2.75) is 6.42 Å². The van der Waals surface area contributed by atoms with Crippen molar-refractivity contribution in [3.63, 3.8) is 0 Å². The summed E-state index contributed by atoms with van der Waals surface area (Å²) < 4.78 is 0. The molecule has 0 heterocycles. The van der Waals surface area contributed by atoms with Crippen LogP contribution in [0.3, 0.4) is 0 Å². The highest BCUT2D eigenvalue weighted by Crippen LogP contribution is 2.34. The molecule has 0 radical (unpaired) electrons. The van der Waals surface area contributed by atoms with Crippen LogP contribution >= 0.6 is 0 Å². The number of rotatable bonds is 0. The Labute approximate surface area is 123 Å². The fraction of sp³-hybridized carbons (Fsp3) is 0.0476. The lowest BCUT2D eigenvalue weighted by molar-refractivity contribution is 1.33. The van der Waals surface area contributed by atoms with E-state index in [2.05, 4.69) is 72.8 Å². The van der Waals surface area contributed by atoms with Gasteiger partial charge in [0.25, 0.3) is 0 Å². The minimum atomic E-state index is 1.06. The molecule has 5 rings (SSSR count). The monoisotopic (exact) mass is 266 g/mol. The second kappa shape index (κ2) is 3.95. The highest BCUT2D eigenvalue weighted by Gasteiger charge is 2.09. The third kappa shape index (κ3) is 1.50. The van der Waals surface area contributed by atoms with Crippen LogP contribution in [0.15, 0.2) is 66.7 Å². The van der Waals surface area contributed by atoms with Crippen LogP contribution in [0.5, 0.6) is 0 Å². The molecule has 0 heteroatoms. The van der Waals surface area contributed by atoms with E-state index in [9.17, 15) is 0 Å². The van der Waals surface area contributed by atoms with Gasteiger partial charge < -0.3 is 0 Å². The Morgan fingerprint density at radius 2 is 1.43 bits per heavy atom. The summed E-state index contributed by atoms with van der Waals surface area (Å²) in [6, 6.07) is 22.4. The fourth-order valence-corrected chi connectivity index (χ4v) is 3.58. The van der Waals surface area contributed by atoms with E-state index in [1.54, 1.807) is 0 Å². The number of fused-ring (bicyclic) bond motifs is 6. The van der Waals surface area contributed by atoms with E-state index in [1.165, 1.54) is 43.4 Å². The first-order valence-electron chi connectivity index (χ1n) is 7.44. The van der Waals surface area contributed by atoms with Crippen molar-refractivity contribution < 1.29 is 0 Å². The Morgan fingerprint density at radius 3 is 2.38 bits per heavy atom. The largest absolute Gasteiger partial charge is 0.0795 e. The van der Waals surface area contributed by atoms with E-state index in [0.717, 1.165) is 6.42 Å². The maximum atomic E-state index is 2.38. The van der Waals surface area contributed by atoms with Crippen LogP contribution < -0.4 is 0 Å². The lowest BCUT2D eigenvalue weighted by Crippen LogP contribution is -1.85. The van der Waals surface area contributed by atoms with Gasteiger partial charge in [0, 0.05) is 0 Å². The summed E-state index contributed by atoms with van der Waals surface area (Å²) in [7, 11) is 0. The molecule has 0 amide bonds. The molecule has 0 spiro atoms. The average molecular weight is 266 g/mol. The van der Waals surface area contributed by atoms with Crippen molar-refractivity contribution in [2.75, 3.05) is 0 Å². The molecule has 98 valence electrons. The molecule has 21 heavy (non-hydrogen) atoms. The second-order valence-electron chi connectivity index (χ2n) is 5.83. The second-order valence-corrected chi connectivity index (χ2v) is 5.83. The molecular weight excluding hydrogens is 252 g/mol. The van der Waals surface area contributed by atoms with Crippen LogP contribution in [0.4, 0.5) is 0 Å². The summed E-state index contributed by atoms with van der Waals surface area (Å²) in [6.07, 6.45) is 5.55. The van der Waals surface area contributed by atoms with Crippen LogP contribution in [-0.4, -0.2) is 0 Å². The molecule has 0 N–H and O–H groups in total. The van der Waals surface area contributed by atoms with Gasteiger partial charge in [0.1, 0.15) is 0 Å². The van der Waals surface area contributed by atoms with E-state index in [1.807, 2.05) is 0 Å². The lowest BCUT2D eigenvalue weighted by atomic mass is 9.94. The summed E-state index contributed by atoms with van der Waals surface area (Å²) >= 11 is 0. The minimum absolute atomic E-state index is 1.06. The Kier molecular flexibility index (Phi) is 2.09. The minimum Gasteiger partial charge on any atom is -0.0795 e. The lowest BCUT2D eigenvalue weighted by Gasteiger charge is -2.09. The van der Waals surface area contributed by atoms with Crippen LogP contribution in [0.2, 0.25) is 0 Å². The van der Waals surface area contributed by atoms with Crippen molar-refractivity contribution >= 4 is 38.4 Å². The van der Waals surface area contributed by atoms with Gasteiger partial charge >= 0.3 is 0 Å². The van der Waals surface area contributed by atoms with E-state index in [4.69, 9.17) is 0 Å². The number of hydrogen-bond donors (Lipinski definition) is 0. The Morgan fingerprint density at radius 1 is 0.619 bits per heavy atom. The molecule has 0 saturated heterocycles. The topological polar surface area (TPSA) is 0 Å². The molecule has 0 unspecified atom stereocenters. The number of benzene rings is 4. The van der Waals surface area contributed by atoms with Gasteiger partial charge in [-0.05, 0) is 62.0 Å². The molecule has 1 aliphatic rings. The molecule has 0 fully saturated rings. The zero-order chi connectivity index (χ0) is 13.8. The Balaban J connectivity index is 1.98. The highest BCUT2D eigenvalue weighted by molar-refractivity contribution is 6.17. The number of hydrogen-bond acceptors (Lipinski definition) is 0. The zero-order valence-corrected chi connectivity index (χ0v) is 11.6. The van der Waals surface area contributed by atoms with Crippen molar-refractivity contribution in [1.82, 2.24) is 0 Å². The average Bonchev–Trinajstić information content (AvgIpc) is 2.99. The first kappa shape index (κ1) is 11.1. The van der Waals surface area contributed by atoms with E-state index in [0.29, 0.717) is 0 Å². The van der Waals surface area contributed by atoms with E-state index >= 15 is 0 Å². The summed E-state index contributed by atoms with van der Waals surface area (Å²) in [5.41, 5.74) is 2.82. The van der Waals surface area contributed by atoms with E-state index < -0.39 is 0 Å². The summed E-state index contributed by atoms with van der Waals surface area (Å²) in [5.74, 6) is 0. The van der Waals surface area contributed by atoms with Crippen LogP contribution in [0, 0.1) is 0 Å². The third-order valence-electron chi connectivity index (χ3n) is 4.64. The summed E-state index contributed by atoms with van der Waals surface area (Å²) in [6.45, 7) is 0. The van der Waals surface area contributed by atoms with Crippen molar-refractivity contribution in [3.8, 4) is 0 Å². The molecule has 0 nitrogen and oxygen atoms in total. The molecule has 0 bridgehead atoms. The smallest absolute Gasteiger partial charge is 0.00879 e. The first-order chi connectivity index (χ1) is 10.4. The van der Waals surface area contributed by atoms with Crippen LogP contribution in [-0.2, 0) is 6.42 Å². The molecule has 0 aromatic heterocycles. The molecular formula is C21H14. The highest BCUT2D eigenvalue weighted by atomic mass is 14.1. The maximum Gasteiger partial charge on any atom is -0.00879 e. The molecule has 4 aromatic carbocycles. The molecule has 4 aromatic rings. The van der Waals surface area contributed by atoms with Gasteiger partial charge in [-0.15, -0.1) is 0 Å². The zero-order valence-electron chi connectivity index (χ0n) is 11.6. The molecule has 0 aliphatic heterocycles. The van der Waals surface area contributed by atoms with Crippen molar-refractivity contribution in [2.24, 2.45) is 0 Å². The standard InChI is InChI=1S/C21H14/c1-2-7-18-14(4-1)8-10-20-19(18)11-9-17-12-15-5-3-6-16(15)13-21(17)20/h1-5,7-13H,6H2. The van der Waals surface area contributed by atoms with Crippen molar-refractivity contribution in [3.05, 3.63) is 77.9 Å². The number of allylic oxidation sites excluding steroid dienone is 1. The Hall–Kier alpha value is -2.60. The van der Waals surface area contributed by atoms with Crippen LogP contribution in [0.25, 0.3) is 38.4 Å². The predicted octanol–water partition coefficient (Wildman–Crippen LogP) is 5.72. The first-order valence-corrected chi connectivity index (χ1v) is 7.44. The van der Waals surface area contributed by atoms with Gasteiger partial charge in [-0.1, -0.05) is 60.7 Å². The van der Waals surface area contributed by atoms with Gasteiger partial charge in [-0.3, -0.25) is 0 Å². The van der Waals surface area contributed by atoms with Gasteiger partial charge in [-0.25, -0.2) is 0 Å². The molecule has 0 atom stereocenters. The van der Waals surface area contributed by atoms with Gasteiger partial charge in [0.15, 0.2) is 0 Å². The quantitative estimate of drug-likeness (QED) is 0.357. The fourth-order valence-electron chi connectivity index (χ4n) is 3.58. The van der Waals surface area contributed by atoms with Crippen molar-refractivity contribution in [1.29, 1.82) is 0 Å².